The third-order valence-corrected chi connectivity index (χ3v) is 2.78. The van der Waals surface area contributed by atoms with Crippen molar-refractivity contribution in [3.8, 4) is 0 Å². The maximum absolute atomic E-state index is 12.2. The van der Waals surface area contributed by atoms with E-state index in [-0.39, 0.29) is 5.60 Å². The molecule has 2 heterocycles. The van der Waals surface area contributed by atoms with Crippen LogP contribution in [0.15, 0.2) is 12.1 Å². The summed E-state index contributed by atoms with van der Waals surface area (Å²) in [6, 6.07) is 2.32. The highest BCUT2D eigenvalue weighted by atomic mass is 19.4. The van der Waals surface area contributed by atoms with Gasteiger partial charge < -0.3 is 15.0 Å². The third-order valence-electron chi connectivity index (χ3n) is 2.78. The second kappa shape index (κ2) is 8.09. The lowest BCUT2D eigenvalue weighted by Gasteiger charge is -2.27. The van der Waals surface area contributed by atoms with Gasteiger partial charge in [0.05, 0.1) is 0 Å². The van der Waals surface area contributed by atoms with Crippen molar-refractivity contribution in [2.75, 3.05) is 31.1 Å². The minimum Gasteiger partial charge on any atom is -0.462 e. The Labute approximate surface area is 133 Å². The number of rotatable bonds is 2. The van der Waals surface area contributed by atoms with Gasteiger partial charge in [0.15, 0.2) is 11.5 Å². The molecule has 0 radical (unpaired) electrons. The molecule has 0 saturated carbocycles. The fourth-order valence-corrected chi connectivity index (χ4v) is 1.68. The average Bonchev–Trinajstić information content (AvgIpc) is 2.47. The summed E-state index contributed by atoms with van der Waals surface area (Å²) in [5.74, 6) is 0.495. The Hall–Kier alpha value is -1.90. The van der Waals surface area contributed by atoms with Gasteiger partial charge in [-0.2, -0.15) is 13.2 Å². The Morgan fingerprint density at radius 3 is 2.13 bits per heavy atom. The number of carbonyl (C=O) groups excluding carboxylic acids is 1. The van der Waals surface area contributed by atoms with Crippen LogP contribution in [0.25, 0.3) is 0 Å². The molecule has 1 aromatic heterocycles. The number of ether oxygens (including phenoxy) is 1. The largest absolute Gasteiger partial charge is 0.462 e. The van der Waals surface area contributed by atoms with Gasteiger partial charge in [0, 0.05) is 26.2 Å². The van der Waals surface area contributed by atoms with Crippen molar-refractivity contribution < 1.29 is 22.7 Å². The number of hydrogen-bond donors (Lipinski definition) is 1. The maximum Gasteiger partial charge on any atom is 0.435 e. The van der Waals surface area contributed by atoms with Gasteiger partial charge in [0.2, 0.25) is 0 Å². The summed E-state index contributed by atoms with van der Waals surface area (Å²) in [6.45, 7) is 9.01. The molecule has 6 nitrogen and oxygen atoms in total. The molecular formula is C14H21F3N4O2. The number of nitrogens with zero attached hydrogens (tertiary/aromatic N) is 3. The molecule has 1 aliphatic heterocycles. The number of piperazine rings is 1. The highest BCUT2D eigenvalue weighted by molar-refractivity contribution is 5.38. The molecule has 0 unspecified atom stereocenters. The van der Waals surface area contributed by atoms with E-state index in [1.54, 1.807) is 0 Å². The van der Waals surface area contributed by atoms with Gasteiger partial charge in [-0.15, -0.1) is 10.2 Å². The van der Waals surface area contributed by atoms with Crippen molar-refractivity contribution in [1.82, 2.24) is 15.5 Å². The van der Waals surface area contributed by atoms with Crippen LogP contribution in [0.3, 0.4) is 0 Å². The van der Waals surface area contributed by atoms with Crippen LogP contribution in [-0.4, -0.2) is 48.4 Å². The quantitative estimate of drug-likeness (QED) is 0.833. The van der Waals surface area contributed by atoms with E-state index >= 15 is 0 Å². The summed E-state index contributed by atoms with van der Waals surface area (Å²) in [6.07, 6.45) is -4.42. The van der Waals surface area contributed by atoms with Crippen LogP contribution in [0, 0.1) is 0 Å². The monoisotopic (exact) mass is 334 g/mol. The zero-order valence-electron chi connectivity index (χ0n) is 13.4. The van der Waals surface area contributed by atoms with Gasteiger partial charge in [-0.1, -0.05) is 0 Å². The minimum atomic E-state index is -4.42. The van der Waals surface area contributed by atoms with Crippen molar-refractivity contribution in [3.05, 3.63) is 17.8 Å². The smallest absolute Gasteiger partial charge is 0.435 e. The molecular weight excluding hydrogens is 313 g/mol. The lowest BCUT2D eigenvalue weighted by molar-refractivity contribution is -0.142. The summed E-state index contributed by atoms with van der Waals surface area (Å²) < 4.78 is 41.3. The molecule has 9 heteroatoms. The fourth-order valence-electron chi connectivity index (χ4n) is 1.68. The molecule has 0 aromatic carbocycles. The van der Waals surface area contributed by atoms with Crippen LogP contribution in [0.1, 0.15) is 26.5 Å². The van der Waals surface area contributed by atoms with E-state index in [0.717, 1.165) is 32.2 Å². The van der Waals surface area contributed by atoms with Crippen molar-refractivity contribution >= 4 is 12.3 Å². The van der Waals surface area contributed by atoms with Crippen LogP contribution < -0.4 is 10.2 Å². The zero-order valence-corrected chi connectivity index (χ0v) is 13.4. The number of alkyl halides is 3. The van der Waals surface area contributed by atoms with Crippen LogP contribution >= 0.6 is 0 Å². The Balaban J connectivity index is 0.000000322. The van der Waals surface area contributed by atoms with Gasteiger partial charge in [-0.05, 0) is 32.9 Å². The average molecular weight is 334 g/mol. The van der Waals surface area contributed by atoms with Crippen molar-refractivity contribution in [1.29, 1.82) is 0 Å². The van der Waals surface area contributed by atoms with E-state index in [2.05, 4.69) is 20.3 Å². The molecule has 0 atom stereocenters. The minimum absolute atomic E-state index is 0.318. The van der Waals surface area contributed by atoms with Gasteiger partial charge >= 0.3 is 6.18 Å². The van der Waals surface area contributed by atoms with Crippen LogP contribution in [0.4, 0.5) is 19.0 Å². The molecule has 1 saturated heterocycles. The SMILES string of the molecule is CC(C)(C)OC=O.FC(F)(F)c1ccc(N2CCNCC2)nn1. The Morgan fingerprint density at radius 2 is 1.78 bits per heavy atom. The van der Waals surface area contributed by atoms with Gasteiger partial charge in [0.1, 0.15) is 5.60 Å². The first-order chi connectivity index (χ1) is 10.6. The summed E-state index contributed by atoms with van der Waals surface area (Å²) in [5, 5.41) is 9.94. The lowest BCUT2D eigenvalue weighted by Crippen LogP contribution is -2.44. The highest BCUT2D eigenvalue weighted by Gasteiger charge is 2.33. The highest BCUT2D eigenvalue weighted by Crippen LogP contribution is 2.27. The Morgan fingerprint density at radius 1 is 1.17 bits per heavy atom. The maximum atomic E-state index is 12.2. The zero-order chi connectivity index (χ0) is 17.5. The molecule has 1 aromatic rings. The van der Waals surface area contributed by atoms with Crippen LogP contribution in [0.2, 0.25) is 0 Å². The van der Waals surface area contributed by atoms with Crippen molar-refractivity contribution in [2.24, 2.45) is 0 Å². The number of carbonyl (C=O) groups is 1. The summed E-state index contributed by atoms with van der Waals surface area (Å²) in [4.78, 5) is 11.5. The standard InChI is InChI=1S/C9H11F3N4.C5H10O2/c10-9(11,12)7-1-2-8(15-14-7)16-5-3-13-4-6-16;1-5(2,3)7-4-6/h1-2,13H,3-6H2;4H,1-3H3. The first-order valence-electron chi connectivity index (χ1n) is 7.11. The molecule has 0 aliphatic carbocycles. The van der Waals surface area contributed by atoms with Crippen LogP contribution in [-0.2, 0) is 15.7 Å². The van der Waals surface area contributed by atoms with E-state index in [9.17, 15) is 18.0 Å². The van der Waals surface area contributed by atoms with Gasteiger partial charge in [-0.3, -0.25) is 4.79 Å². The second-order valence-electron chi connectivity index (χ2n) is 5.84. The first kappa shape index (κ1) is 19.1. The fraction of sp³-hybridized carbons (Fsp3) is 0.643. The molecule has 130 valence electrons. The lowest BCUT2D eigenvalue weighted by atomic mass is 10.2. The summed E-state index contributed by atoms with van der Waals surface area (Å²) in [5.41, 5.74) is -1.27. The molecule has 1 aliphatic rings. The molecule has 0 amide bonds. The van der Waals surface area contributed by atoms with E-state index in [4.69, 9.17) is 0 Å². The predicted molar refractivity (Wildman–Crippen MR) is 79.0 cm³/mol. The van der Waals surface area contributed by atoms with Gasteiger partial charge in [0.25, 0.3) is 6.47 Å². The molecule has 23 heavy (non-hydrogen) atoms. The number of halogens is 3. The topological polar surface area (TPSA) is 67.3 Å². The van der Waals surface area contributed by atoms with Gasteiger partial charge in [-0.25, -0.2) is 0 Å². The van der Waals surface area contributed by atoms with E-state index in [0.29, 0.717) is 12.3 Å². The van der Waals surface area contributed by atoms with E-state index < -0.39 is 11.9 Å². The molecule has 2 rings (SSSR count). The molecule has 0 spiro atoms. The third kappa shape index (κ3) is 7.27. The number of aromatic nitrogens is 2. The number of anilines is 1. The number of nitrogens with one attached hydrogen (secondary N) is 1. The molecule has 0 bridgehead atoms. The van der Waals surface area contributed by atoms with Crippen molar-refractivity contribution in [3.63, 3.8) is 0 Å². The van der Waals surface area contributed by atoms with Crippen LogP contribution in [0.5, 0.6) is 0 Å². The first-order valence-corrected chi connectivity index (χ1v) is 7.11. The Bertz CT molecular complexity index is 480. The normalized spacial score (nSPS) is 15.5. The summed E-state index contributed by atoms with van der Waals surface area (Å²) >= 11 is 0. The molecule has 1 fully saturated rings. The second-order valence-corrected chi connectivity index (χ2v) is 5.84. The molecule has 1 N–H and O–H groups in total. The summed E-state index contributed by atoms with van der Waals surface area (Å²) in [7, 11) is 0. The Kier molecular flexibility index (Phi) is 6.74. The number of hydrogen-bond acceptors (Lipinski definition) is 6. The van der Waals surface area contributed by atoms with Crippen molar-refractivity contribution in [2.45, 2.75) is 32.5 Å². The van der Waals surface area contributed by atoms with E-state index in [1.807, 2.05) is 25.7 Å². The predicted octanol–water partition coefficient (Wildman–Crippen LogP) is 1.86. The van der Waals surface area contributed by atoms with E-state index in [1.165, 1.54) is 6.07 Å².